The average molecular weight is 376 g/mol. The second-order valence-corrected chi connectivity index (χ2v) is 5.96. The number of hydrogen-bond acceptors (Lipinski definition) is 3. The van der Waals surface area contributed by atoms with E-state index in [0.717, 1.165) is 22.7 Å². The molecule has 0 aliphatic heterocycles. The van der Waals surface area contributed by atoms with E-state index in [4.69, 9.17) is 10.2 Å². The summed E-state index contributed by atoms with van der Waals surface area (Å²) in [6, 6.07) is 7.38. The lowest BCUT2D eigenvalue weighted by molar-refractivity contribution is 0.0916. The molecule has 1 heterocycles. The molecule has 0 fully saturated rings. The maximum atomic E-state index is 12.1. The van der Waals surface area contributed by atoms with Crippen LogP contribution in [0.4, 0.5) is 0 Å². The van der Waals surface area contributed by atoms with Crippen LogP contribution in [0.5, 0.6) is 0 Å². The lowest BCUT2D eigenvalue weighted by atomic mass is 9.94. The van der Waals surface area contributed by atoms with Crippen molar-refractivity contribution in [1.82, 2.24) is 5.32 Å². The zero-order valence-electron chi connectivity index (χ0n) is 12.1. The van der Waals surface area contributed by atoms with E-state index >= 15 is 0 Å². The summed E-state index contributed by atoms with van der Waals surface area (Å²) < 4.78 is 6.50. The molecule has 1 aromatic carbocycles. The van der Waals surface area contributed by atoms with Crippen LogP contribution in [0.15, 0.2) is 33.2 Å². The molecule has 0 spiro atoms. The number of benzene rings is 1. The van der Waals surface area contributed by atoms with Crippen molar-refractivity contribution in [1.29, 1.82) is 0 Å². The highest BCUT2D eigenvalue weighted by molar-refractivity contribution is 9.10. The molecular weight excluding hydrogens is 356 g/mol. The van der Waals surface area contributed by atoms with Gasteiger partial charge in [-0.15, -0.1) is 12.4 Å². The number of amides is 1. The average Bonchev–Trinajstić information content (AvgIpc) is 2.87. The number of hydrogen-bond donors (Lipinski definition) is 2. The maximum Gasteiger partial charge on any atom is 0.287 e. The summed E-state index contributed by atoms with van der Waals surface area (Å²) in [7, 11) is 0. The minimum atomic E-state index is -0.356. The predicted octanol–water partition coefficient (Wildman–Crippen LogP) is 3.86. The van der Waals surface area contributed by atoms with E-state index in [-0.39, 0.29) is 23.9 Å². The van der Waals surface area contributed by atoms with Gasteiger partial charge in [-0.2, -0.15) is 0 Å². The first-order valence-corrected chi connectivity index (χ1v) is 7.53. The Morgan fingerprint density at radius 1 is 1.33 bits per heavy atom. The molecular formula is C15H20BrClN2O2. The topological polar surface area (TPSA) is 68.3 Å². The van der Waals surface area contributed by atoms with E-state index in [1.54, 1.807) is 6.07 Å². The first-order valence-electron chi connectivity index (χ1n) is 6.73. The summed E-state index contributed by atoms with van der Waals surface area (Å²) in [4.78, 5) is 12.1. The molecule has 1 aromatic heterocycles. The summed E-state index contributed by atoms with van der Waals surface area (Å²) >= 11 is 3.40. The second-order valence-electron chi connectivity index (χ2n) is 5.04. The van der Waals surface area contributed by atoms with E-state index in [0.29, 0.717) is 17.9 Å². The summed E-state index contributed by atoms with van der Waals surface area (Å²) in [5, 5.41) is 3.75. The normalized spacial score (nSPS) is 11.2. The fraction of sp³-hybridized carbons (Fsp3) is 0.400. The van der Waals surface area contributed by atoms with Gasteiger partial charge in [-0.25, -0.2) is 0 Å². The van der Waals surface area contributed by atoms with Gasteiger partial charge in [0.25, 0.3) is 5.91 Å². The molecule has 6 heteroatoms. The maximum absolute atomic E-state index is 12.1. The molecule has 2 rings (SSSR count). The third-order valence-corrected chi connectivity index (χ3v) is 4.20. The predicted molar refractivity (Wildman–Crippen MR) is 91.0 cm³/mol. The highest BCUT2D eigenvalue weighted by Crippen LogP contribution is 2.23. The van der Waals surface area contributed by atoms with Crippen molar-refractivity contribution in [3.8, 4) is 0 Å². The van der Waals surface area contributed by atoms with Crippen LogP contribution in [0.2, 0.25) is 0 Å². The summed E-state index contributed by atoms with van der Waals surface area (Å²) in [5.74, 6) is 0.0849. The number of halogens is 2. The Morgan fingerprint density at radius 3 is 2.62 bits per heavy atom. The Morgan fingerprint density at radius 2 is 2.00 bits per heavy atom. The number of furan rings is 1. The second kappa shape index (κ2) is 7.29. The van der Waals surface area contributed by atoms with E-state index in [1.807, 2.05) is 32.0 Å². The third-order valence-electron chi connectivity index (χ3n) is 3.71. The van der Waals surface area contributed by atoms with Crippen molar-refractivity contribution in [2.75, 3.05) is 6.54 Å². The number of fused-ring (bicyclic) bond motifs is 1. The largest absolute Gasteiger partial charge is 0.451 e. The molecule has 0 aliphatic rings. The Labute approximate surface area is 139 Å². The first kappa shape index (κ1) is 18.0. The Hall–Kier alpha value is -1.04. The molecule has 1 amide bonds. The molecule has 0 unspecified atom stereocenters. The first-order chi connectivity index (χ1) is 9.47. The van der Waals surface area contributed by atoms with Gasteiger partial charge in [-0.3, -0.25) is 4.79 Å². The highest BCUT2D eigenvalue weighted by Gasteiger charge is 2.22. The van der Waals surface area contributed by atoms with E-state index in [1.165, 1.54) is 0 Å². The molecule has 21 heavy (non-hydrogen) atoms. The number of rotatable bonds is 5. The van der Waals surface area contributed by atoms with Crippen LogP contribution < -0.4 is 11.1 Å². The Bertz CT molecular complexity index is 623. The number of nitrogens with one attached hydrogen (secondary N) is 1. The smallest absolute Gasteiger partial charge is 0.287 e. The van der Waals surface area contributed by atoms with Crippen molar-refractivity contribution in [3.05, 3.63) is 34.5 Å². The van der Waals surface area contributed by atoms with Gasteiger partial charge in [0.15, 0.2) is 5.76 Å². The fourth-order valence-corrected chi connectivity index (χ4v) is 2.35. The molecule has 0 saturated carbocycles. The molecule has 116 valence electrons. The van der Waals surface area contributed by atoms with Gasteiger partial charge in [0, 0.05) is 21.9 Å². The highest BCUT2D eigenvalue weighted by atomic mass is 79.9. The van der Waals surface area contributed by atoms with Crippen LogP contribution in [0.1, 0.15) is 37.2 Å². The van der Waals surface area contributed by atoms with Gasteiger partial charge in [-0.1, -0.05) is 29.8 Å². The third kappa shape index (κ3) is 4.22. The van der Waals surface area contributed by atoms with Gasteiger partial charge in [0.1, 0.15) is 5.58 Å². The zero-order valence-corrected chi connectivity index (χ0v) is 14.5. The zero-order chi connectivity index (χ0) is 14.8. The SMILES string of the molecule is CCC(N)(CC)CNC(=O)c1cc2cc(Br)ccc2o1.Cl. The van der Waals surface area contributed by atoms with Crippen LogP contribution in [-0.4, -0.2) is 18.0 Å². The molecule has 0 bridgehead atoms. The van der Waals surface area contributed by atoms with Crippen molar-refractivity contribution < 1.29 is 9.21 Å². The Balaban J connectivity index is 0.00000220. The van der Waals surface area contributed by atoms with Gasteiger partial charge in [0.2, 0.25) is 0 Å². The minimum Gasteiger partial charge on any atom is -0.451 e. The van der Waals surface area contributed by atoms with Gasteiger partial charge < -0.3 is 15.5 Å². The van der Waals surface area contributed by atoms with Crippen molar-refractivity contribution in [3.63, 3.8) is 0 Å². The molecule has 0 saturated heterocycles. The Kier molecular flexibility index (Phi) is 6.25. The standard InChI is InChI=1S/C15H19BrN2O2.ClH/c1-3-15(17,4-2)9-18-14(19)13-8-10-7-11(16)5-6-12(10)20-13;/h5-8H,3-4,9,17H2,1-2H3,(H,18,19);1H. The molecule has 4 nitrogen and oxygen atoms in total. The molecule has 0 aliphatic carbocycles. The minimum absolute atomic E-state index is 0. The van der Waals surface area contributed by atoms with E-state index in [9.17, 15) is 4.79 Å². The number of carbonyl (C=O) groups excluding carboxylic acids is 1. The summed E-state index contributed by atoms with van der Waals surface area (Å²) in [6.07, 6.45) is 1.63. The molecule has 0 atom stereocenters. The van der Waals surface area contributed by atoms with Gasteiger partial charge in [-0.05, 0) is 37.1 Å². The molecule has 2 aromatic rings. The van der Waals surface area contributed by atoms with Crippen LogP contribution >= 0.6 is 28.3 Å². The summed E-state index contributed by atoms with van der Waals surface area (Å²) in [5.41, 5.74) is 6.51. The van der Waals surface area contributed by atoms with Crippen LogP contribution in [0, 0.1) is 0 Å². The molecule has 3 N–H and O–H groups in total. The van der Waals surface area contributed by atoms with Gasteiger partial charge >= 0.3 is 0 Å². The number of carbonyl (C=O) groups is 1. The van der Waals surface area contributed by atoms with Gasteiger partial charge in [0.05, 0.1) is 0 Å². The quantitative estimate of drug-likeness (QED) is 0.833. The lowest BCUT2D eigenvalue weighted by Gasteiger charge is -2.26. The molecule has 0 radical (unpaired) electrons. The summed E-state index contributed by atoms with van der Waals surface area (Å²) in [6.45, 7) is 4.49. The van der Waals surface area contributed by atoms with Crippen molar-refractivity contribution >= 4 is 45.2 Å². The van der Waals surface area contributed by atoms with Crippen molar-refractivity contribution in [2.45, 2.75) is 32.2 Å². The lowest BCUT2D eigenvalue weighted by Crippen LogP contribution is -2.49. The van der Waals surface area contributed by atoms with E-state index in [2.05, 4.69) is 21.2 Å². The van der Waals surface area contributed by atoms with Crippen LogP contribution in [-0.2, 0) is 0 Å². The fourth-order valence-electron chi connectivity index (χ4n) is 1.97. The van der Waals surface area contributed by atoms with Crippen LogP contribution in [0.25, 0.3) is 11.0 Å². The monoisotopic (exact) mass is 374 g/mol. The number of nitrogens with two attached hydrogens (primary N) is 1. The van der Waals surface area contributed by atoms with E-state index < -0.39 is 0 Å². The van der Waals surface area contributed by atoms with Crippen LogP contribution in [0.3, 0.4) is 0 Å². The van der Waals surface area contributed by atoms with Crippen molar-refractivity contribution in [2.24, 2.45) is 5.73 Å².